The first-order valence-electron chi connectivity index (χ1n) is 7.28. The summed E-state index contributed by atoms with van der Waals surface area (Å²) in [6.07, 6.45) is 0.914. The summed E-state index contributed by atoms with van der Waals surface area (Å²) >= 11 is 3.30. The summed E-state index contributed by atoms with van der Waals surface area (Å²) in [5.74, 6) is -1.00. The molecule has 2 N–H and O–H groups in total. The Kier molecular flexibility index (Phi) is 5.97. The molecule has 128 valence electrons. The standard InChI is InChI=1S/C16H17BrFN3O3/c1-3-21-9-11(17)8-14(21)16(23)20-19-15(22)10(2)24-13-6-4-12(18)5-7-13/h4-10H,3H2,1-2H3,(H,19,22)(H,20,23). The fourth-order valence-corrected chi connectivity index (χ4v) is 2.45. The number of amides is 2. The average molecular weight is 398 g/mol. The number of hydrazine groups is 1. The van der Waals surface area contributed by atoms with E-state index >= 15 is 0 Å². The van der Waals surface area contributed by atoms with Gasteiger partial charge in [0, 0.05) is 17.2 Å². The molecule has 2 aromatic rings. The van der Waals surface area contributed by atoms with Gasteiger partial charge in [0.05, 0.1) is 0 Å². The smallest absolute Gasteiger partial charge is 0.286 e. The van der Waals surface area contributed by atoms with Crippen molar-refractivity contribution in [2.45, 2.75) is 26.5 Å². The summed E-state index contributed by atoms with van der Waals surface area (Å²) in [6.45, 7) is 4.04. The van der Waals surface area contributed by atoms with Crippen LogP contribution in [0.25, 0.3) is 0 Å². The fraction of sp³-hybridized carbons (Fsp3) is 0.250. The number of rotatable bonds is 5. The third kappa shape index (κ3) is 4.58. The van der Waals surface area contributed by atoms with Crippen LogP contribution in [0.2, 0.25) is 0 Å². The summed E-state index contributed by atoms with van der Waals surface area (Å²) in [6, 6.07) is 6.97. The number of nitrogens with one attached hydrogen (secondary N) is 2. The van der Waals surface area contributed by atoms with E-state index in [9.17, 15) is 14.0 Å². The summed E-state index contributed by atoms with van der Waals surface area (Å²) in [5, 5.41) is 0. The Bertz CT molecular complexity index is 731. The van der Waals surface area contributed by atoms with Crippen LogP contribution in [0.15, 0.2) is 41.0 Å². The van der Waals surface area contributed by atoms with Crippen molar-refractivity contribution in [3.63, 3.8) is 0 Å². The molecule has 0 spiro atoms. The second-order valence-electron chi connectivity index (χ2n) is 4.99. The van der Waals surface area contributed by atoms with Crippen molar-refractivity contribution < 1.29 is 18.7 Å². The van der Waals surface area contributed by atoms with Gasteiger partial charge in [-0.25, -0.2) is 4.39 Å². The lowest BCUT2D eigenvalue weighted by atomic mass is 10.3. The van der Waals surface area contributed by atoms with Gasteiger partial charge < -0.3 is 9.30 Å². The van der Waals surface area contributed by atoms with Gasteiger partial charge in [0.1, 0.15) is 17.3 Å². The van der Waals surface area contributed by atoms with Gasteiger partial charge in [0.25, 0.3) is 11.8 Å². The first-order chi connectivity index (χ1) is 11.4. The zero-order chi connectivity index (χ0) is 17.7. The first-order valence-corrected chi connectivity index (χ1v) is 8.08. The molecule has 1 unspecified atom stereocenters. The van der Waals surface area contributed by atoms with Crippen molar-refractivity contribution in [3.05, 3.63) is 52.5 Å². The number of hydrogen-bond donors (Lipinski definition) is 2. The Morgan fingerprint density at radius 3 is 2.58 bits per heavy atom. The molecule has 2 amide bonds. The predicted octanol–water partition coefficient (Wildman–Crippen LogP) is 2.64. The van der Waals surface area contributed by atoms with Gasteiger partial charge in [-0.05, 0) is 60.1 Å². The highest BCUT2D eigenvalue weighted by Crippen LogP contribution is 2.15. The van der Waals surface area contributed by atoms with Crippen LogP contribution >= 0.6 is 15.9 Å². The Balaban J connectivity index is 1.89. The number of benzene rings is 1. The number of ether oxygens (including phenoxy) is 1. The molecule has 0 aliphatic heterocycles. The number of carbonyl (C=O) groups excluding carboxylic acids is 2. The van der Waals surface area contributed by atoms with E-state index < -0.39 is 23.7 Å². The van der Waals surface area contributed by atoms with Gasteiger partial charge in [-0.2, -0.15) is 0 Å². The number of aryl methyl sites for hydroxylation is 1. The third-order valence-electron chi connectivity index (χ3n) is 3.23. The molecule has 0 aliphatic rings. The zero-order valence-corrected chi connectivity index (χ0v) is 14.8. The molecule has 24 heavy (non-hydrogen) atoms. The maximum absolute atomic E-state index is 12.8. The molecule has 0 saturated carbocycles. The largest absolute Gasteiger partial charge is 0.481 e. The van der Waals surface area contributed by atoms with Crippen molar-refractivity contribution in [3.8, 4) is 5.75 Å². The van der Waals surface area contributed by atoms with E-state index in [1.807, 2.05) is 6.92 Å². The minimum absolute atomic E-state index is 0.356. The molecule has 1 aromatic heterocycles. The lowest BCUT2D eigenvalue weighted by Crippen LogP contribution is -2.47. The number of aromatic nitrogens is 1. The fourth-order valence-electron chi connectivity index (χ4n) is 1.98. The maximum atomic E-state index is 12.8. The van der Waals surface area contributed by atoms with E-state index in [-0.39, 0.29) is 0 Å². The maximum Gasteiger partial charge on any atom is 0.286 e. The van der Waals surface area contributed by atoms with Gasteiger partial charge in [0.15, 0.2) is 6.10 Å². The van der Waals surface area contributed by atoms with E-state index in [4.69, 9.17) is 4.74 Å². The number of carbonyl (C=O) groups is 2. The lowest BCUT2D eigenvalue weighted by Gasteiger charge is -2.15. The van der Waals surface area contributed by atoms with Crippen LogP contribution < -0.4 is 15.6 Å². The molecule has 0 saturated heterocycles. The van der Waals surface area contributed by atoms with E-state index in [1.54, 1.807) is 16.8 Å². The molecule has 0 bridgehead atoms. The lowest BCUT2D eigenvalue weighted by molar-refractivity contribution is -0.128. The van der Waals surface area contributed by atoms with Crippen molar-refractivity contribution >= 4 is 27.7 Å². The minimum Gasteiger partial charge on any atom is -0.481 e. The number of hydrogen-bond acceptors (Lipinski definition) is 3. The van der Waals surface area contributed by atoms with Crippen LogP contribution in [-0.2, 0) is 11.3 Å². The molecule has 1 heterocycles. The Morgan fingerprint density at radius 1 is 1.29 bits per heavy atom. The predicted molar refractivity (Wildman–Crippen MR) is 89.9 cm³/mol. The normalized spacial score (nSPS) is 11.7. The van der Waals surface area contributed by atoms with E-state index in [0.29, 0.717) is 18.0 Å². The molecular formula is C16H17BrFN3O3. The van der Waals surface area contributed by atoms with E-state index in [0.717, 1.165) is 4.47 Å². The Morgan fingerprint density at radius 2 is 1.96 bits per heavy atom. The summed E-state index contributed by atoms with van der Waals surface area (Å²) in [5.41, 5.74) is 5.06. The first kappa shape index (κ1) is 18.0. The van der Waals surface area contributed by atoms with Crippen LogP contribution in [0.3, 0.4) is 0 Å². The van der Waals surface area contributed by atoms with Crippen molar-refractivity contribution in [1.29, 1.82) is 0 Å². The van der Waals surface area contributed by atoms with Crippen molar-refractivity contribution in [2.24, 2.45) is 0 Å². The monoisotopic (exact) mass is 397 g/mol. The quantitative estimate of drug-likeness (QED) is 0.761. The van der Waals surface area contributed by atoms with Gasteiger partial charge in [-0.15, -0.1) is 0 Å². The van der Waals surface area contributed by atoms with E-state index in [1.165, 1.54) is 31.2 Å². The third-order valence-corrected chi connectivity index (χ3v) is 3.67. The Hall–Kier alpha value is -2.35. The van der Waals surface area contributed by atoms with Crippen LogP contribution in [0.1, 0.15) is 24.3 Å². The highest BCUT2D eigenvalue weighted by molar-refractivity contribution is 9.10. The SMILES string of the molecule is CCn1cc(Br)cc1C(=O)NNC(=O)C(C)Oc1ccc(F)cc1. The highest BCUT2D eigenvalue weighted by Gasteiger charge is 2.17. The number of nitrogens with zero attached hydrogens (tertiary/aromatic N) is 1. The average Bonchev–Trinajstić information content (AvgIpc) is 2.95. The van der Waals surface area contributed by atoms with Crippen molar-refractivity contribution in [2.75, 3.05) is 0 Å². The minimum atomic E-state index is -0.861. The summed E-state index contributed by atoms with van der Waals surface area (Å²) < 4.78 is 20.7. The van der Waals surface area contributed by atoms with Crippen LogP contribution in [-0.4, -0.2) is 22.5 Å². The molecule has 6 nitrogen and oxygen atoms in total. The topological polar surface area (TPSA) is 72.4 Å². The molecule has 2 rings (SSSR count). The summed E-state index contributed by atoms with van der Waals surface area (Å²) in [7, 11) is 0. The molecule has 0 fully saturated rings. The van der Waals surface area contributed by atoms with Crippen LogP contribution in [0.5, 0.6) is 5.75 Å². The molecule has 8 heteroatoms. The second-order valence-corrected chi connectivity index (χ2v) is 5.90. The molecule has 1 aromatic carbocycles. The Labute approximate surface area is 147 Å². The molecule has 1 atom stereocenters. The van der Waals surface area contributed by atoms with Crippen molar-refractivity contribution in [1.82, 2.24) is 15.4 Å². The second kappa shape index (κ2) is 7.96. The van der Waals surface area contributed by atoms with Gasteiger partial charge in [0.2, 0.25) is 0 Å². The van der Waals surface area contributed by atoms with Crippen LogP contribution in [0, 0.1) is 5.82 Å². The number of halogens is 2. The van der Waals surface area contributed by atoms with Crippen LogP contribution in [0.4, 0.5) is 4.39 Å². The highest BCUT2D eigenvalue weighted by atomic mass is 79.9. The van der Waals surface area contributed by atoms with E-state index in [2.05, 4.69) is 26.8 Å². The molecule has 0 radical (unpaired) electrons. The summed E-state index contributed by atoms with van der Waals surface area (Å²) in [4.78, 5) is 24.1. The molecular weight excluding hydrogens is 381 g/mol. The van der Waals surface area contributed by atoms with Gasteiger partial charge >= 0.3 is 0 Å². The van der Waals surface area contributed by atoms with Gasteiger partial charge in [-0.3, -0.25) is 20.4 Å². The van der Waals surface area contributed by atoms with Gasteiger partial charge in [-0.1, -0.05) is 0 Å². The molecule has 0 aliphatic carbocycles. The zero-order valence-electron chi connectivity index (χ0n) is 13.2.